The van der Waals surface area contributed by atoms with E-state index in [2.05, 4.69) is 10.1 Å². The molecule has 0 saturated heterocycles. The first-order valence-corrected chi connectivity index (χ1v) is 8.25. The Morgan fingerprint density at radius 1 is 1.31 bits per heavy atom. The van der Waals surface area contributed by atoms with Crippen LogP contribution in [-0.4, -0.2) is 25.1 Å². The molecule has 9 heteroatoms. The van der Waals surface area contributed by atoms with Crippen molar-refractivity contribution in [2.75, 3.05) is 11.9 Å². The fraction of sp³-hybridized carbons (Fsp3) is 0.235. The highest BCUT2D eigenvalue weighted by Crippen LogP contribution is 2.33. The largest absolute Gasteiger partial charge is 0.462 e. The minimum atomic E-state index is -2.96. The van der Waals surface area contributed by atoms with Gasteiger partial charge in [-0.25, -0.2) is 4.79 Å². The zero-order valence-electron chi connectivity index (χ0n) is 13.8. The number of rotatable bonds is 6. The summed E-state index contributed by atoms with van der Waals surface area (Å²) in [5.41, 5.74) is 0.773. The fourth-order valence-electron chi connectivity index (χ4n) is 2.09. The summed E-state index contributed by atoms with van der Waals surface area (Å²) in [4.78, 5) is 24.5. The van der Waals surface area contributed by atoms with Crippen LogP contribution in [0, 0.1) is 18.3 Å². The summed E-state index contributed by atoms with van der Waals surface area (Å²) in [7, 11) is 0. The van der Waals surface area contributed by atoms with Crippen molar-refractivity contribution in [3.8, 4) is 11.8 Å². The Bertz CT molecular complexity index is 857. The first-order valence-electron chi connectivity index (χ1n) is 7.44. The Hall–Kier alpha value is -2.99. The second kappa shape index (κ2) is 8.40. The molecule has 1 N–H and O–H groups in total. The van der Waals surface area contributed by atoms with Crippen LogP contribution in [0.1, 0.15) is 38.1 Å². The molecule has 6 nitrogen and oxygen atoms in total. The van der Waals surface area contributed by atoms with Crippen molar-refractivity contribution in [3.63, 3.8) is 0 Å². The van der Waals surface area contributed by atoms with Crippen molar-refractivity contribution < 1.29 is 27.8 Å². The molecule has 1 amide bonds. The molecule has 0 spiro atoms. The lowest BCUT2D eigenvalue weighted by atomic mass is 10.1. The molecule has 0 saturated carbocycles. The van der Waals surface area contributed by atoms with Crippen LogP contribution in [0.25, 0.3) is 0 Å². The van der Waals surface area contributed by atoms with E-state index in [9.17, 15) is 23.6 Å². The van der Waals surface area contributed by atoms with E-state index in [1.807, 2.05) is 6.07 Å². The highest BCUT2D eigenvalue weighted by molar-refractivity contribution is 7.18. The minimum Gasteiger partial charge on any atom is -0.462 e. The van der Waals surface area contributed by atoms with Crippen LogP contribution in [0.5, 0.6) is 5.75 Å². The Morgan fingerprint density at radius 2 is 1.96 bits per heavy atom. The number of anilines is 1. The molecule has 0 radical (unpaired) electrons. The average Bonchev–Trinajstić information content (AvgIpc) is 2.90. The minimum absolute atomic E-state index is 0.0779. The third kappa shape index (κ3) is 4.34. The van der Waals surface area contributed by atoms with Gasteiger partial charge in [-0.2, -0.15) is 14.0 Å². The molecule has 1 aromatic carbocycles. The van der Waals surface area contributed by atoms with Crippen molar-refractivity contribution in [2.45, 2.75) is 20.5 Å². The number of alkyl halides is 2. The third-order valence-corrected chi connectivity index (χ3v) is 4.48. The molecule has 0 aliphatic rings. The van der Waals surface area contributed by atoms with Gasteiger partial charge in [0.15, 0.2) is 0 Å². The lowest BCUT2D eigenvalue weighted by molar-refractivity contribution is -0.0498. The van der Waals surface area contributed by atoms with Crippen molar-refractivity contribution >= 4 is 28.2 Å². The number of amides is 1. The molecule has 2 rings (SSSR count). The number of hydrogen-bond donors (Lipinski definition) is 1. The predicted octanol–water partition coefficient (Wildman–Crippen LogP) is 3.96. The van der Waals surface area contributed by atoms with Crippen molar-refractivity contribution in [2.24, 2.45) is 0 Å². The van der Waals surface area contributed by atoms with Crippen LogP contribution in [-0.2, 0) is 4.74 Å². The van der Waals surface area contributed by atoms with Crippen molar-refractivity contribution in [3.05, 3.63) is 45.8 Å². The standard InChI is InChI=1S/C17H14F2N2O4S/c1-3-24-16(23)13-9(2)12(8-20)15(26-13)21-14(22)10-4-6-11(7-5-10)25-17(18)19/h4-7,17H,3H2,1-2H3,(H,21,22). The number of nitrogens with zero attached hydrogens (tertiary/aromatic N) is 1. The topological polar surface area (TPSA) is 88.4 Å². The number of thiophene rings is 1. The van der Waals surface area contributed by atoms with Gasteiger partial charge in [0.1, 0.15) is 21.7 Å². The van der Waals surface area contributed by atoms with Crippen LogP contribution < -0.4 is 10.1 Å². The molecule has 1 aromatic heterocycles. The van der Waals surface area contributed by atoms with Gasteiger partial charge in [0.2, 0.25) is 0 Å². The van der Waals surface area contributed by atoms with Gasteiger partial charge in [-0.1, -0.05) is 0 Å². The SMILES string of the molecule is CCOC(=O)c1sc(NC(=O)c2ccc(OC(F)F)cc2)c(C#N)c1C. The zero-order chi connectivity index (χ0) is 19.3. The van der Waals surface area contributed by atoms with Gasteiger partial charge in [0, 0.05) is 5.56 Å². The number of carbonyl (C=O) groups excluding carboxylic acids is 2. The van der Waals surface area contributed by atoms with Gasteiger partial charge in [-0.3, -0.25) is 4.79 Å². The number of ether oxygens (including phenoxy) is 2. The van der Waals surface area contributed by atoms with E-state index >= 15 is 0 Å². The summed E-state index contributed by atoms with van der Waals surface area (Å²) >= 11 is 0.940. The maximum absolute atomic E-state index is 12.3. The second-order valence-corrected chi connectivity index (χ2v) is 5.97. The summed E-state index contributed by atoms with van der Waals surface area (Å²) in [6.45, 7) is 0.486. The zero-order valence-corrected chi connectivity index (χ0v) is 14.7. The molecule has 0 fully saturated rings. The van der Waals surface area contributed by atoms with Gasteiger partial charge < -0.3 is 14.8 Å². The number of nitriles is 1. The van der Waals surface area contributed by atoms with Crippen LogP contribution in [0.4, 0.5) is 13.8 Å². The van der Waals surface area contributed by atoms with Gasteiger partial charge in [0.25, 0.3) is 5.91 Å². The Balaban J connectivity index is 2.22. The molecule has 0 aliphatic carbocycles. The third-order valence-electron chi connectivity index (χ3n) is 3.29. The predicted molar refractivity (Wildman–Crippen MR) is 90.8 cm³/mol. The Morgan fingerprint density at radius 3 is 2.50 bits per heavy atom. The smallest absolute Gasteiger partial charge is 0.387 e. The van der Waals surface area contributed by atoms with E-state index in [1.54, 1.807) is 13.8 Å². The number of nitrogens with one attached hydrogen (secondary N) is 1. The average molecular weight is 380 g/mol. The molecule has 0 unspecified atom stereocenters. The molecule has 0 bridgehead atoms. The Kier molecular flexibility index (Phi) is 6.25. The first kappa shape index (κ1) is 19.3. The van der Waals surface area contributed by atoms with E-state index in [1.165, 1.54) is 24.3 Å². The molecule has 0 atom stereocenters. The summed E-state index contributed by atoms with van der Waals surface area (Å²) in [5.74, 6) is -1.20. The molecular formula is C17H14F2N2O4S. The summed E-state index contributed by atoms with van der Waals surface area (Å²) in [6.07, 6.45) is 0. The molecular weight excluding hydrogens is 366 g/mol. The maximum Gasteiger partial charge on any atom is 0.387 e. The molecule has 2 aromatic rings. The number of hydrogen-bond acceptors (Lipinski definition) is 6. The number of esters is 1. The second-order valence-electron chi connectivity index (χ2n) is 4.95. The van der Waals surface area contributed by atoms with Crippen molar-refractivity contribution in [1.82, 2.24) is 0 Å². The van der Waals surface area contributed by atoms with E-state index < -0.39 is 18.5 Å². The van der Waals surface area contributed by atoms with Crippen LogP contribution in [0.2, 0.25) is 0 Å². The van der Waals surface area contributed by atoms with E-state index in [4.69, 9.17) is 4.74 Å². The van der Waals surface area contributed by atoms with Crippen LogP contribution in [0.3, 0.4) is 0 Å². The highest BCUT2D eigenvalue weighted by Gasteiger charge is 2.22. The normalized spacial score (nSPS) is 10.3. The lowest BCUT2D eigenvalue weighted by Gasteiger charge is -2.06. The van der Waals surface area contributed by atoms with Gasteiger partial charge >= 0.3 is 12.6 Å². The monoisotopic (exact) mass is 380 g/mol. The fourth-order valence-corrected chi connectivity index (χ4v) is 3.14. The van der Waals surface area contributed by atoms with Gasteiger partial charge in [-0.05, 0) is 43.7 Å². The van der Waals surface area contributed by atoms with E-state index in [0.717, 1.165) is 11.3 Å². The van der Waals surface area contributed by atoms with Crippen LogP contribution in [0.15, 0.2) is 24.3 Å². The van der Waals surface area contributed by atoms with E-state index in [0.29, 0.717) is 5.56 Å². The maximum atomic E-state index is 12.3. The van der Waals surface area contributed by atoms with E-state index in [-0.39, 0.29) is 33.4 Å². The number of carbonyl (C=O) groups is 2. The summed E-state index contributed by atoms with van der Waals surface area (Å²) in [6, 6.07) is 7.04. The highest BCUT2D eigenvalue weighted by atomic mass is 32.1. The lowest BCUT2D eigenvalue weighted by Crippen LogP contribution is -2.11. The quantitative estimate of drug-likeness (QED) is 0.767. The molecule has 1 heterocycles. The molecule has 26 heavy (non-hydrogen) atoms. The Labute approximate surface area is 152 Å². The summed E-state index contributed by atoms with van der Waals surface area (Å²) in [5, 5.41) is 12.1. The van der Waals surface area contributed by atoms with Gasteiger partial charge in [0.05, 0.1) is 12.2 Å². The molecule has 136 valence electrons. The number of halogens is 2. The number of benzene rings is 1. The van der Waals surface area contributed by atoms with Gasteiger partial charge in [-0.15, -0.1) is 11.3 Å². The summed E-state index contributed by atoms with van der Waals surface area (Å²) < 4.78 is 33.4. The molecule has 0 aliphatic heterocycles. The van der Waals surface area contributed by atoms with Crippen LogP contribution >= 0.6 is 11.3 Å². The van der Waals surface area contributed by atoms with Crippen molar-refractivity contribution in [1.29, 1.82) is 5.26 Å². The first-order chi connectivity index (χ1) is 12.4.